The second-order valence-electron chi connectivity index (χ2n) is 5.15. The number of amides is 1. The quantitative estimate of drug-likeness (QED) is 0.535. The highest BCUT2D eigenvalue weighted by Gasteiger charge is 2.15. The van der Waals surface area contributed by atoms with Crippen LogP contribution < -0.4 is 5.32 Å². The Morgan fingerprint density at radius 1 is 1.16 bits per heavy atom. The highest BCUT2D eigenvalue weighted by Crippen LogP contribution is 2.33. The molecule has 0 radical (unpaired) electrons. The highest BCUT2D eigenvalue weighted by molar-refractivity contribution is 9.10. The first-order valence-electron chi connectivity index (χ1n) is 7.21. The summed E-state index contributed by atoms with van der Waals surface area (Å²) in [7, 11) is 0. The SMILES string of the molecule is O=C(Nc1ccc(-c2nc3cnccc3o2)c(O)c1)c1ccc(Br)o1. The van der Waals surface area contributed by atoms with Crippen LogP contribution in [-0.4, -0.2) is 21.0 Å². The summed E-state index contributed by atoms with van der Waals surface area (Å²) in [5, 5.41) is 12.9. The summed E-state index contributed by atoms with van der Waals surface area (Å²) in [5.74, 6) is -0.0704. The molecule has 25 heavy (non-hydrogen) atoms. The van der Waals surface area contributed by atoms with Gasteiger partial charge in [-0.3, -0.25) is 9.78 Å². The van der Waals surface area contributed by atoms with Gasteiger partial charge in [-0.25, -0.2) is 4.98 Å². The number of oxazole rings is 1. The molecule has 0 saturated carbocycles. The number of benzene rings is 1. The molecular weight excluding hydrogens is 390 g/mol. The van der Waals surface area contributed by atoms with Crippen LogP contribution in [0.5, 0.6) is 5.75 Å². The molecule has 0 unspecified atom stereocenters. The van der Waals surface area contributed by atoms with Crippen molar-refractivity contribution < 1.29 is 18.7 Å². The summed E-state index contributed by atoms with van der Waals surface area (Å²) in [6.45, 7) is 0. The summed E-state index contributed by atoms with van der Waals surface area (Å²) in [4.78, 5) is 20.3. The average molecular weight is 400 g/mol. The van der Waals surface area contributed by atoms with E-state index in [4.69, 9.17) is 8.83 Å². The van der Waals surface area contributed by atoms with Gasteiger partial charge < -0.3 is 19.3 Å². The molecule has 0 aliphatic heterocycles. The molecule has 4 rings (SSSR count). The first-order chi connectivity index (χ1) is 12.1. The Labute approximate surface area is 149 Å². The van der Waals surface area contributed by atoms with Gasteiger partial charge in [0.05, 0.1) is 11.8 Å². The van der Waals surface area contributed by atoms with Crippen molar-refractivity contribution in [2.75, 3.05) is 5.32 Å². The molecule has 2 N–H and O–H groups in total. The number of hydrogen-bond acceptors (Lipinski definition) is 6. The molecule has 0 atom stereocenters. The Kier molecular flexibility index (Phi) is 3.73. The number of phenols is 1. The molecule has 124 valence electrons. The van der Waals surface area contributed by atoms with E-state index in [1.54, 1.807) is 42.7 Å². The van der Waals surface area contributed by atoms with Crippen LogP contribution in [0.25, 0.3) is 22.6 Å². The Hall–Kier alpha value is -3.13. The first-order valence-corrected chi connectivity index (χ1v) is 8.00. The molecule has 0 aliphatic rings. The largest absolute Gasteiger partial charge is 0.507 e. The zero-order chi connectivity index (χ0) is 17.4. The zero-order valence-corrected chi connectivity index (χ0v) is 14.1. The minimum atomic E-state index is -0.425. The van der Waals surface area contributed by atoms with Crippen LogP contribution in [0.3, 0.4) is 0 Å². The summed E-state index contributed by atoms with van der Waals surface area (Å²) >= 11 is 3.14. The van der Waals surface area contributed by atoms with E-state index in [0.29, 0.717) is 27.0 Å². The van der Waals surface area contributed by atoms with Gasteiger partial charge in [-0.05, 0) is 40.2 Å². The van der Waals surface area contributed by atoms with Gasteiger partial charge in [0.2, 0.25) is 5.89 Å². The number of nitrogens with one attached hydrogen (secondary N) is 1. The van der Waals surface area contributed by atoms with E-state index in [2.05, 4.69) is 31.2 Å². The molecule has 0 aliphatic carbocycles. The lowest BCUT2D eigenvalue weighted by Crippen LogP contribution is -2.10. The van der Waals surface area contributed by atoms with Gasteiger partial charge in [-0.2, -0.15) is 0 Å². The van der Waals surface area contributed by atoms with Crippen molar-refractivity contribution in [2.45, 2.75) is 0 Å². The zero-order valence-electron chi connectivity index (χ0n) is 12.6. The lowest BCUT2D eigenvalue weighted by atomic mass is 10.1. The number of anilines is 1. The maximum absolute atomic E-state index is 12.1. The fourth-order valence-electron chi connectivity index (χ4n) is 2.31. The summed E-state index contributed by atoms with van der Waals surface area (Å²) in [5.41, 5.74) is 1.99. The van der Waals surface area contributed by atoms with Crippen LogP contribution in [0.4, 0.5) is 5.69 Å². The van der Waals surface area contributed by atoms with Gasteiger partial charge in [0, 0.05) is 24.0 Å². The Morgan fingerprint density at radius 3 is 2.76 bits per heavy atom. The number of aromatic nitrogens is 2. The highest BCUT2D eigenvalue weighted by atomic mass is 79.9. The lowest BCUT2D eigenvalue weighted by molar-refractivity contribution is 0.0995. The normalized spacial score (nSPS) is 10.9. The number of furan rings is 1. The molecule has 3 aromatic heterocycles. The summed E-state index contributed by atoms with van der Waals surface area (Å²) in [6.07, 6.45) is 3.18. The van der Waals surface area contributed by atoms with Crippen LogP contribution >= 0.6 is 15.9 Å². The van der Waals surface area contributed by atoms with E-state index in [0.717, 1.165) is 0 Å². The molecule has 0 fully saturated rings. The Morgan fingerprint density at radius 2 is 2.04 bits per heavy atom. The number of aromatic hydroxyl groups is 1. The summed E-state index contributed by atoms with van der Waals surface area (Å²) in [6, 6.07) is 9.52. The monoisotopic (exact) mass is 399 g/mol. The number of pyridine rings is 1. The molecular formula is C17H10BrN3O4. The summed E-state index contributed by atoms with van der Waals surface area (Å²) < 4.78 is 11.3. The molecule has 4 aromatic rings. The maximum Gasteiger partial charge on any atom is 0.291 e. The average Bonchev–Trinajstić information content (AvgIpc) is 3.21. The van der Waals surface area contributed by atoms with Gasteiger partial charge in [0.1, 0.15) is 11.3 Å². The first kappa shape index (κ1) is 15.4. The molecule has 0 saturated heterocycles. The van der Waals surface area contributed by atoms with Gasteiger partial charge in [-0.1, -0.05) is 0 Å². The van der Waals surface area contributed by atoms with Gasteiger partial charge in [0.15, 0.2) is 16.0 Å². The minimum Gasteiger partial charge on any atom is -0.507 e. The fraction of sp³-hybridized carbons (Fsp3) is 0. The van der Waals surface area contributed by atoms with Crippen molar-refractivity contribution in [3.05, 3.63) is 59.2 Å². The van der Waals surface area contributed by atoms with Crippen molar-refractivity contribution in [1.29, 1.82) is 0 Å². The van der Waals surface area contributed by atoms with Crippen LogP contribution in [0.1, 0.15) is 10.6 Å². The van der Waals surface area contributed by atoms with Crippen LogP contribution in [-0.2, 0) is 0 Å². The van der Waals surface area contributed by atoms with Crippen LogP contribution in [0.15, 0.2) is 62.3 Å². The third-order valence-corrected chi connectivity index (χ3v) is 3.90. The molecule has 0 spiro atoms. The van der Waals surface area contributed by atoms with E-state index in [1.165, 1.54) is 6.07 Å². The van der Waals surface area contributed by atoms with Gasteiger partial charge in [-0.15, -0.1) is 0 Å². The number of carbonyl (C=O) groups excluding carboxylic acids is 1. The molecule has 3 heterocycles. The number of nitrogens with zero attached hydrogens (tertiary/aromatic N) is 2. The molecule has 1 aromatic carbocycles. The molecule has 0 bridgehead atoms. The molecule has 1 amide bonds. The van der Waals surface area contributed by atoms with Crippen molar-refractivity contribution in [3.8, 4) is 17.2 Å². The van der Waals surface area contributed by atoms with Gasteiger partial charge >= 0.3 is 0 Å². The van der Waals surface area contributed by atoms with Crippen molar-refractivity contribution in [1.82, 2.24) is 9.97 Å². The topological polar surface area (TPSA) is 101 Å². The third-order valence-electron chi connectivity index (χ3n) is 3.47. The number of carbonyl (C=O) groups is 1. The Balaban J connectivity index is 1.61. The second-order valence-corrected chi connectivity index (χ2v) is 5.93. The van der Waals surface area contributed by atoms with E-state index >= 15 is 0 Å². The fourth-order valence-corrected chi connectivity index (χ4v) is 2.62. The van der Waals surface area contributed by atoms with E-state index in [1.807, 2.05) is 0 Å². The smallest absolute Gasteiger partial charge is 0.291 e. The molecule has 7 nitrogen and oxygen atoms in total. The Bertz CT molecular complexity index is 1050. The number of fused-ring (bicyclic) bond motifs is 1. The number of halogens is 1. The van der Waals surface area contributed by atoms with Gasteiger partial charge in [0.25, 0.3) is 5.91 Å². The third kappa shape index (κ3) is 2.99. The lowest BCUT2D eigenvalue weighted by Gasteiger charge is -2.06. The maximum atomic E-state index is 12.1. The predicted octanol–water partition coefficient (Wildman–Crippen LogP) is 4.20. The van der Waals surface area contributed by atoms with Crippen molar-refractivity contribution in [2.24, 2.45) is 0 Å². The predicted molar refractivity (Wildman–Crippen MR) is 93.3 cm³/mol. The van der Waals surface area contributed by atoms with Crippen LogP contribution in [0.2, 0.25) is 0 Å². The van der Waals surface area contributed by atoms with Crippen LogP contribution in [0, 0.1) is 0 Å². The standard InChI is InChI=1S/C17H10BrN3O4/c18-15-4-3-14(24-15)16(23)20-9-1-2-10(12(22)7-9)17-21-11-8-19-6-5-13(11)25-17/h1-8,22H,(H,20,23). The number of rotatable bonds is 3. The second kappa shape index (κ2) is 6.06. The minimum absolute atomic E-state index is 0.0714. The number of phenolic OH excluding ortho intramolecular Hbond substituents is 1. The van der Waals surface area contributed by atoms with Crippen molar-refractivity contribution in [3.63, 3.8) is 0 Å². The number of hydrogen-bond donors (Lipinski definition) is 2. The molecule has 8 heteroatoms. The van der Waals surface area contributed by atoms with E-state index < -0.39 is 5.91 Å². The van der Waals surface area contributed by atoms with E-state index in [9.17, 15) is 9.90 Å². The van der Waals surface area contributed by atoms with E-state index in [-0.39, 0.29) is 17.4 Å². The van der Waals surface area contributed by atoms with Crippen molar-refractivity contribution >= 4 is 38.6 Å².